The first kappa shape index (κ1) is 16.1. The molecule has 0 aromatic carbocycles. The number of ether oxygens (including phenoxy) is 1. The predicted molar refractivity (Wildman–Crippen MR) is 55.1 cm³/mol. The minimum atomic E-state index is -5.26. The van der Waals surface area contributed by atoms with Crippen LogP contribution in [0.1, 0.15) is 23.2 Å². The maximum Gasteiger partial charge on any atom is 0.573 e. The molecule has 0 amide bonds. The van der Waals surface area contributed by atoms with Gasteiger partial charge in [0.2, 0.25) is 0 Å². The number of nitrogens with zero attached hydrogens (tertiary/aromatic N) is 1. The number of carbonyl (C=O) groups is 1. The zero-order valence-electron chi connectivity index (χ0n) is 9.75. The van der Waals surface area contributed by atoms with Crippen molar-refractivity contribution in [2.24, 2.45) is 5.73 Å². The van der Waals surface area contributed by atoms with E-state index in [1.807, 2.05) is 0 Å². The second kappa shape index (κ2) is 5.99. The number of rotatable bonds is 5. The lowest BCUT2D eigenvalue weighted by Gasteiger charge is -2.18. The van der Waals surface area contributed by atoms with E-state index in [4.69, 9.17) is 10.8 Å². The molecule has 1 heterocycles. The molecule has 0 saturated heterocycles. The average Bonchev–Trinajstić information content (AvgIpc) is 2.27. The van der Waals surface area contributed by atoms with Crippen LogP contribution in [-0.2, 0) is 17.8 Å². The van der Waals surface area contributed by atoms with E-state index >= 15 is 0 Å². The number of hydrogen-bond donors (Lipinski definition) is 2. The van der Waals surface area contributed by atoms with Crippen LogP contribution in [-0.4, -0.2) is 22.4 Å². The summed E-state index contributed by atoms with van der Waals surface area (Å²) in [6.07, 6.45) is -8.76. The van der Waals surface area contributed by atoms with Crippen molar-refractivity contribution in [1.29, 1.82) is 0 Å². The lowest BCUT2D eigenvalue weighted by molar-refractivity contribution is -0.275. The summed E-state index contributed by atoms with van der Waals surface area (Å²) in [6, 6.07) is 0. The second-order valence-electron chi connectivity index (χ2n) is 3.60. The molecule has 5 nitrogen and oxygen atoms in total. The van der Waals surface area contributed by atoms with Crippen LogP contribution in [0.3, 0.4) is 0 Å². The number of carboxylic acid groups (broad SMARTS) is 1. The summed E-state index contributed by atoms with van der Waals surface area (Å²) in [4.78, 5) is 13.9. The van der Waals surface area contributed by atoms with Crippen molar-refractivity contribution in [3.8, 4) is 5.75 Å². The van der Waals surface area contributed by atoms with E-state index in [9.17, 15) is 26.7 Å². The fourth-order valence-electron chi connectivity index (χ4n) is 1.49. The van der Waals surface area contributed by atoms with Crippen LogP contribution in [0.25, 0.3) is 0 Å². The Morgan fingerprint density at radius 1 is 1.45 bits per heavy atom. The van der Waals surface area contributed by atoms with Gasteiger partial charge >= 0.3 is 12.3 Å². The SMILES string of the molecule is NCc1cnc(CC(=O)O)c(OC(F)(F)F)c1C(F)F. The lowest BCUT2D eigenvalue weighted by atomic mass is 10.1. The molecule has 112 valence electrons. The first-order chi connectivity index (χ1) is 9.15. The Morgan fingerprint density at radius 3 is 2.45 bits per heavy atom. The van der Waals surface area contributed by atoms with E-state index < -0.39 is 48.7 Å². The number of alkyl halides is 5. The summed E-state index contributed by atoms with van der Waals surface area (Å²) in [6.45, 7) is -0.492. The summed E-state index contributed by atoms with van der Waals surface area (Å²) in [7, 11) is 0. The van der Waals surface area contributed by atoms with Crippen LogP contribution in [0.15, 0.2) is 6.20 Å². The number of halogens is 5. The molecular weight excluding hydrogens is 291 g/mol. The Morgan fingerprint density at radius 2 is 2.05 bits per heavy atom. The van der Waals surface area contributed by atoms with Crippen LogP contribution >= 0.6 is 0 Å². The Labute approximate surface area is 109 Å². The third-order valence-electron chi connectivity index (χ3n) is 2.20. The average molecular weight is 300 g/mol. The molecular formula is C10H9F5N2O3. The monoisotopic (exact) mass is 300 g/mol. The van der Waals surface area contributed by atoms with Crippen molar-refractivity contribution in [2.75, 3.05) is 0 Å². The number of aromatic nitrogens is 1. The van der Waals surface area contributed by atoms with E-state index in [2.05, 4.69) is 9.72 Å². The molecule has 1 rings (SSSR count). The Kier molecular flexibility index (Phi) is 4.82. The van der Waals surface area contributed by atoms with Gasteiger partial charge in [-0.1, -0.05) is 0 Å². The Hall–Kier alpha value is -1.97. The number of hydrogen-bond acceptors (Lipinski definition) is 4. The van der Waals surface area contributed by atoms with Crippen molar-refractivity contribution < 1.29 is 36.6 Å². The summed E-state index contributed by atoms with van der Waals surface area (Å²) < 4.78 is 66.1. The molecule has 20 heavy (non-hydrogen) atoms. The van der Waals surface area contributed by atoms with Crippen molar-refractivity contribution in [3.05, 3.63) is 23.0 Å². The lowest BCUT2D eigenvalue weighted by Crippen LogP contribution is -2.22. The van der Waals surface area contributed by atoms with Gasteiger partial charge in [-0.3, -0.25) is 9.78 Å². The molecule has 10 heteroatoms. The normalized spacial score (nSPS) is 11.8. The standard InChI is InChI=1S/C10H9F5N2O3/c11-9(12)7-4(2-16)3-17-5(1-6(18)19)8(7)20-10(13,14)15/h3,9H,1-2,16H2,(H,18,19). The Balaban J connectivity index is 3.45. The quantitative estimate of drug-likeness (QED) is 0.812. The minimum absolute atomic E-state index is 0.353. The summed E-state index contributed by atoms with van der Waals surface area (Å²) in [5, 5.41) is 8.56. The fourth-order valence-corrected chi connectivity index (χ4v) is 1.49. The van der Waals surface area contributed by atoms with Crippen molar-refractivity contribution >= 4 is 5.97 Å². The second-order valence-corrected chi connectivity index (χ2v) is 3.60. The fraction of sp³-hybridized carbons (Fsp3) is 0.400. The van der Waals surface area contributed by atoms with E-state index in [1.54, 1.807) is 0 Å². The van der Waals surface area contributed by atoms with Gasteiger partial charge in [0.15, 0.2) is 5.75 Å². The molecule has 0 aliphatic rings. The maximum absolute atomic E-state index is 12.9. The summed E-state index contributed by atoms with van der Waals surface area (Å²) in [5.41, 5.74) is 2.94. The van der Waals surface area contributed by atoms with Crippen molar-refractivity contribution in [3.63, 3.8) is 0 Å². The van der Waals surface area contributed by atoms with Gasteiger partial charge in [-0.2, -0.15) is 0 Å². The van der Waals surface area contributed by atoms with Gasteiger partial charge in [-0.25, -0.2) is 8.78 Å². The molecule has 0 aliphatic heterocycles. The van der Waals surface area contributed by atoms with Gasteiger partial charge in [0.25, 0.3) is 6.43 Å². The van der Waals surface area contributed by atoms with Crippen molar-refractivity contribution in [1.82, 2.24) is 4.98 Å². The summed E-state index contributed by atoms with van der Waals surface area (Å²) >= 11 is 0. The molecule has 1 aromatic rings. The molecule has 0 spiro atoms. The number of nitrogens with two attached hydrogens (primary N) is 1. The third kappa shape index (κ3) is 4.02. The molecule has 0 atom stereocenters. The largest absolute Gasteiger partial charge is 0.573 e. The molecule has 0 unspecified atom stereocenters. The number of pyridine rings is 1. The van der Waals surface area contributed by atoms with E-state index in [0.717, 1.165) is 6.20 Å². The highest BCUT2D eigenvalue weighted by atomic mass is 19.4. The number of carboxylic acids is 1. The van der Waals surface area contributed by atoms with E-state index in [0.29, 0.717) is 0 Å². The van der Waals surface area contributed by atoms with Crippen LogP contribution in [0.5, 0.6) is 5.75 Å². The maximum atomic E-state index is 12.9. The van der Waals surface area contributed by atoms with Gasteiger partial charge < -0.3 is 15.6 Å². The topological polar surface area (TPSA) is 85.4 Å². The highest BCUT2D eigenvalue weighted by molar-refractivity contribution is 5.71. The Bertz CT molecular complexity index is 504. The van der Waals surface area contributed by atoms with Gasteiger partial charge in [-0.05, 0) is 5.56 Å². The highest BCUT2D eigenvalue weighted by Crippen LogP contribution is 2.37. The zero-order valence-corrected chi connectivity index (χ0v) is 9.75. The van der Waals surface area contributed by atoms with Crippen LogP contribution < -0.4 is 10.5 Å². The van der Waals surface area contributed by atoms with Gasteiger partial charge in [0.1, 0.15) is 0 Å². The number of aliphatic carboxylic acids is 1. The molecule has 1 aromatic heterocycles. The van der Waals surface area contributed by atoms with E-state index in [1.165, 1.54) is 0 Å². The van der Waals surface area contributed by atoms with Gasteiger partial charge in [0.05, 0.1) is 17.7 Å². The van der Waals surface area contributed by atoms with Crippen LogP contribution in [0.4, 0.5) is 22.0 Å². The van der Waals surface area contributed by atoms with Crippen LogP contribution in [0, 0.1) is 0 Å². The predicted octanol–water partition coefficient (Wildman–Crippen LogP) is 2.00. The smallest absolute Gasteiger partial charge is 0.481 e. The first-order valence-corrected chi connectivity index (χ1v) is 5.12. The molecule has 0 radical (unpaired) electrons. The van der Waals surface area contributed by atoms with Crippen molar-refractivity contribution in [2.45, 2.75) is 25.8 Å². The molecule has 3 N–H and O–H groups in total. The van der Waals surface area contributed by atoms with Gasteiger partial charge in [-0.15, -0.1) is 13.2 Å². The first-order valence-electron chi connectivity index (χ1n) is 5.12. The summed E-state index contributed by atoms with van der Waals surface area (Å²) in [5.74, 6) is -2.84. The minimum Gasteiger partial charge on any atom is -0.481 e. The molecule has 0 fully saturated rings. The van der Waals surface area contributed by atoms with Crippen LogP contribution in [0.2, 0.25) is 0 Å². The third-order valence-corrected chi connectivity index (χ3v) is 2.20. The highest BCUT2D eigenvalue weighted by Gasteiger charge is 2.36. The van der Waals surface area contributed by atoms with Gasteiger partial charge in [0, 0.05) is 12.7 Å². The molecule has 0 aliphatic carbocycles. The van der Waals surface area contributed by atoms with E-state index in [-0.39, 0.29) is 5.56 Å². The molecule has 0 bridgehead atoms. The molecule has 0 saturated carbocycles. The zero-order chi connectivity index (χ0) is 15.5.